The van der Waals surface area contributed by atoms with Gasteiger partial charge >= 0.3 is 0 Å². The van der Waals surface area contributed by atoms with Gasteiger partial charge < -0.3 is 0 Å². The van der Waals surface area contributed by atoms with E-state index in [0.717, 1.165) is 10.2 Å². The van der Waals surface area contributed by atoms with Crippen molar-refractivity contribution in [3.05, 3.63) is 11.8 Å². The molecule has 3 heteroatoms. The predicted molar refractivity (Wildman–Crippen MR) is 34.3 cm³/mol. The molecule has 0 aromatic rings. The molecule has 0 amide bonds. The average Bonchev–Trinajstić information content (AvgIpc) is 1.66. The second kappa shape index (κ2) is 4.96. The van der Waals surface area contributed by atoms with Crippen LogP contribution in [0.4, 0.5) is 8.78 Å². The van der Waals surface area contributed by atoms with Gasteiger partial charge in [-0.1, -0.05) is 6.08 Å². The number of halogens is 2. The van der Waals surface area contributed by atoms with E-state index in [1.807, 2.05) is 5.70 Å². The van der Waals surface area contributed by atoms with Crippen LogP contribution in [0.15, 0.2) is 11.8 Å². The van der Waals surface area contributed by atoms with Crippen LogP contribution in [0.3, 0.4) is 0 Å². The van der Waals surface area contributed by atoms with E-state index in [2.05, 4.69) is 0 Å². The lowest BCUT2D eigenvalue weighted by Gasteiger charge is -1.90. The van der Waals surface area contributed by atoms with Crippen molar-refractivity contribution in [1.29, 1.82) is 0 Å². The normalized spacial score (nSPS) is 11.9. The number of rotatable bonds is 3. The lowest BCUT2D eigenvalue weighted by Crippen LogP contribution is -1.86. The molecule has 0 bridgehead atoms. The standard InChI is InChI=1S/C5H10F2Si/c6-5(7)3-1-2-4-8/h2,4-5H,1,3H2,8H3. The quantitative estimate of drug-likeness (QED) is 0.506. The van der Waals surface area contributed by atoms with Gasteiger partial charge in [0.05, 0.1) is 0 Å². The van der Waals surface area contributed by atoms with Crippen LogP contribution in [0.5, 0.6) is 0 Å². The summed E-state index contributed by atoms with van der Waals surface area (Å²) in [4.78, 5) is 0. The van der Waals surface area contributed by atoms with Crippen molar-refractivity contribution in [1.82, 2.24) is 0 Å². The van der Waals surface area contributed by atoms with Crippen molar-refractivity contribution in [2.45, 2.75) is 19.3 Å². The number of hydrogen-bond donors (Lipinski definition) is 0. The molecule has 0 spiro atoms. The topological polar surface area (TPSA) is 0 Å². The summed E-state index contributed by atoms with van der Waals surface area (Å²) in [5, 5.41) is 0. The Bertz CT molecular complexity index is 70.8. The van der Waals surface area contributed by atoms with Gasteiger partial charge in [-0.15, -0.1) is 5.70 Å². The third kappa shape index (κ3) is 5.82. The molecule has 0 fully saturated rings. The molecule has 0 N–H and O–H groups in total. The van der Waals surface area contributed by atoms with E-state index in [4.69, 9.17) is 0 Å². The molecule has 0 aromatic heterocycles. The van der Waals surface area contributed by atoms with Crippen molar-refractivity contribution in [2.75, 3.05) is 0 Å². The second-order valence-corrected chi connectivity index (χ2v) is 2.20. The van der Waals surface area contributed by atoms with Crippen LogP contribution in [-0.2, 0) is 0 Å². The molecule has 0 aliphatic carbocycles. The van der Waals surface area contributed by atoms with Crippen molar-refractivity contribution in [3.63, 3.8) is 0 Å². The molecule has 0 saturated heterocycles. The van der Waals surface area contributed by atoms with Gasteiger partial charge in [0.15, 0.2) is 0 Å². The first-order valence-corrected chi connectivity index (χ1v) is 3.82. The molecule has 0 atom stereocenters. The second-order valence-electron chi connectivity index (χ2n) is 1.54. The monoisotopic (exact) mass is 136 g/mol. The van der Waals surface area contributed by atoms with Crippen LogP contribution < -0.4 is 0 Å². The van der Waals surface area contributed by atoms with E-state index in [-0.39, 0.29) is 6.42 Å². The highest BCUT2D eigenvalue weighted by atomic mass is 28.1. The van der Waals surface area contributed by atoms with Crippen molar-refractivity contribution >= 4 is 10.2 Å². The van der Waals surface area contributed by atoms with Crippen LogP contribution in [0.1, 0.15) is 12.8 Å². The lowest BCUT2D eigenvalue weighted by molar-refractivity contribution is 0.139. The zero-order valence-corrected chi connectivity index (χ0v) is 6.90. The van der Waals surface area contributed by atoms with Crippen LogP contribution in [0.2, 0.25) is 0 Å². The Morgan fingerprint density at radius 2 is 2.12 bits per heavy atom. The molecule has 48 valence electrons. The average molecular weight is 136 g/mol. The molecule has 0 saturated carbocycles. The maximum absolute atomic E-state index is 11.3. The summed E-state index contributed by atoms with van der Waals surface area (Å²) in [6.07, 6.45) is 0.214. The van der Waals surface area contributed by atoms with Gasteiger partial charge in [-0.25, -0.2) is 8.78 Å². The van der Waals surface area contributed by atoms with Crippen LogP contribution in [0.25, 0.3) is 0 Å². The first-order valence-electron chi connectivity index (χ1n) is 2.66. The van der Waals surface area contributed by atoms with Crippen LogP contribution >= 0.6 is 0 Å². The molecule has 0 heterocycles. The Labute approximate surface area is 51.0 Å². The first kappa shape index (κ1) is 7.82. The minimum atomic E-state index is -2.13. The smallest absolute Gasteiger partial charge is 0.211 e. The zero-order valence-electron chi connectivity index (χ0n) is 4.90. The largest absolute Gasteiger partial charge is 0.238 e. The van der Waals surface area contributed by atoms with Crippen molar-refractivity contribution in [3.8, 4) is 0 Å². The summed E-state index contributed by atoms with van der Waals surface area (Å²) in [5.41, 5.74) is 1.92. The van der Waals surface area contributed by atoms with Gasteiger partial charge in [-0.05, 0) is 6.42 Å². The fourth-order valence-corrected chi connectivity index (χ4v) is 0.722. The van der Waals surface area contributed by atoms with E-state index in [1.54, 1.807) is 6.08 Å². The van der Waals surface area contributed by atoms with E-state index < -0.39 is 6.43 Å². The van der Waals surface area contributed by atoms with Gasteiger partial charge in [-0.3, -0.25) is 0 Å². The third-order valence-corrected chi connectivity index (χ3v) is 1.26. The fourth-order valence-electron chi connectivity index (χ4n) is 0.389. The molecular formula is C5H10F2Si. The Morgan fingerprint density at radius 3 is 2.50 bits per heavy atom. The Kier molecular flexibility index (Phi) is 4.85. The summed E-state index contributed by atoms with van der Waals surface area (Å²) in [7, 11) is 0.974. The van der Waals surface area contributed by atoms with Crippen molar-refractivity contribution in [2.24, 2.45) is 0 Å². The number of alkyl halides is 2. The van der Waals surface area contributed by atoms with E-state index in [9.17, 15) is 8.78 Å². The highest BCUT2D eigenvalue weighted by molar-refractivity contribution is 6.16. The Morgan fingerprint density at radius 1 is 1.50 bits per heavy atom. The first-order chi connectivity index (χ1) is 3.77. The molecule has 0 nitrogen and oxygen atoms in total. The van der Waals surface area contributed by atoms with Crippen LogP contribution in [0, 0.1) is 0 Å². The van der Waals surface area contributed by atoms with E-state index in [1.165, 1.54) is 0 Å². The molecular weight excluding hydrogens is 126 g/mol. The summed E-state index contributed by atoms with van der Waals surface area (Å²) in [6, 6.07) is 0. The SMILES string of the molecule is FC(F)CCC=C[SiH3]. The zero-order chi connectivity index (χ0) is 6.41. The van der Waals surface area contributed by atoms with Gasteiger partial charge in [0.25, 0.3) is 0 Å². The predicted octanol–water partition coefficient (Wildman–Crippen LogP) is 0.911. The van der Waals surface area contributed by atoms with E-state index >= 15 is 0 Å². The van der Waals surface area contributed by atoms with Crippen LogP contribution in [-0.4, -0.2) is 16.7 Å². The highest BCUT2D eigenvalue weighted by Crippen LogP contribution is 2.02. The maximum atomic E-state index is 11.3. The van der Waals surface area contributed by atoms with Gasteiger partial charge in [0.2, 0.25) is 6.43 Å². The summed E-state index contributed by atoms with van der Waals surface area (Å²) < 4.78 is 22.7. The Balaban J connectivity index is 2.93. The molecule has 0 rings (SSSR count). The Hall–Kier alpha value is -0.183. The lowest BCUT2D eigenvalue weighted by atomic mass is 10.3. The molecule has 0 unspecified atom stereocenters. The molecule has 8 heavy (non-hydrogen) atoms. The molecule has 0 radical (unpaired) electrons. The van der Waals surface area contributed by atoms with Gasteiger partial charge in [-0.2, -0.15) is 0 Å². The minimum absolute atomic E-state index is 0.0126. The summed E-state index contributed by atoms with van der Waals surface area (Å²) in [6.45, 7) is 0. The van der Waals surface area contributed by atoms with Gasteiger partial charge in [0.1, 0.15) is 0 Å². The minimum Gasteiger partial charge on any atom is -0.211 e. The third-order valence-electron chi connectivity index (χ3n) is 0.787. The summed E-state index contributed by atoms with van der Waals surface area (Å²) >= 11 is 0. The molecule has 0 aromatic carbocycles. The van der Waals surface area contributed by atoms with Gasteiger partial charge in [0, 0.05) is 16.7 Å². The fraction of sp³-hybridized carbons (Fsp3) is 0.600. The maximum Gasteiger partial charge on any atom is 0.238 e. The van der Waals surface area contributed by atoms with Crippen molar-refractivity contribution < 1.29 is 8.78 Å². The number of hydrogen-bond acceptors (Lipinski definition) is 0. The summed E-state index contributed by atoms with van der Waals surface area (Å²) in [5.74, 6) is 0. The molecule has 0 aliphatic rings. The molecule has 0 aliphatic heterocycles. The number of allylic oxidation sites excluding steroid dienone is 1. The highest BCUT2D eigenvalue weighted by Gasteiger charge is 1.97. The van der Waals surface area contributed by atoms with E-state index in [0.29, 0.717) is 6.42 Å².